The van der Waals surface area contributed by atoms with Crippen LogP contribution in [0.2, 0.25) is 0 Å². The molecule has 2 heteroatoms. The molecule has 3 rings (SSSR count). The first-order valence-electron chi connectivity index (χ1n) is 6.68. The Morgan fingerprint density at radius 3 is 2.67 bits per heavy atom. The second-order valence-corrected chi connectivity index (χ2v) is 6.93. The first-order chi connectivity index (χ1) is 8.76. The molecule has 0 aromatic heterocycles. The maximum atomic E-state index is 12.5. The third-order valence-electron chi connectivity index (χ3n) is 4.07. The summed E-state index contributed by atoms with van der Waals surface area (Å²) in [6.45, 7) is 3.76. The van der Waals surface area contributed by atoms with Crippen LogP contribution in [0.25, 0.3) is 6.08 Å². The van der Waals surface area contributed by atoms with Crippen LogP contribution in [0.1, 0.15) is 41.6 Å². The van der Waals surface area contributed by atoms with Crippen LogP contribution in [0, 0.1) is 5.92 Å². The molecule has 2 aliphatic rings. The smallest absolute Gasteiger partial charge is 0.166 e. The highest BCUT2D eigenvalue weighted by Gasteiger charge is 2.37. The van der Waals surface area contributed by atoms with Crippen LogP contribution in [0.5, 0.6) is 0 Å². The molecule has 0 saturated carbocycles. The van der Waals surface area contributed by atoms with Gasteiger partial charge < -0.3 is 0 Å². The lowest BCUT2D eigenvalue weighted by Crippen LogP contribution is -2.24. The zero-order chi connectivity index (χ0) is 12.5. The molecule has 2 unspecified atom stereocenters. The predicted octanol–water partition coefficient (Wildman–Crippen LogP) is 4.19. The number of thioether (sulfide) groups is 1. The molecule has 0 radical (unpaired) electrons. The second kappa shape index (κ2) is 4.93. The van der Waals surface area contributed by atoms with E-state index in [0.29, 0.717) is 5.78 Å². The van der Waals surface area contributed by atoms with Gasteiger partial charge in [0, 0.05) is 22.0 Å². The van der Waals surface area contributed by atoms with Gasteiger partial charge in [0.05, 0.1) is 0 Å². The van der Waals surface area contributed by atoms with Crippen molar-refractivity contribution in [2.45, 2.75) is 36.2 Å². The van der Waals surface area contributed by atoms with Crippen LogP contribution in [-0.2, 0) is 0 Å². The van der Waals surface area contributed by atoms with Gasteiger partial charge in [0.1, 0.15) is 0 Å². The van der Waals surface area contributed by atoms with Crippen molar-refractivity contribution in [3.63, 3.8) is 0 Å². The number of rotatable bonds is 3. The number of fused-ring (bicyclic) bond motifs is 2. The van der Waals surface area contributed by atoms with E-state index < -0.39 is 0 Å². The summed E-state index contributed by atoms with van der Waals surface area (Å²) in [7, 11) is 0. The van der Waals surface area contributed by atoms with Gasteiger partial charge in [-0.15, -0.1) is 0 Å². The van der Waals surface area contributed by atoms with Crippen LogP contribution in [0.3, 0.4) is 0 Å². The summed E-state index contributed by atoms with van der Waals surface area (Å²) < 4.78 is 0. The number of hydrogen-bond donors (Lipinski definition) is 0. The average Bonchev–Trinajstić information content (AvgIpc) is 2.76. The van der Waals surface area contributed by atoms with Crippen LogP contribution in [0.4, 0.5) is 0 Å². The van der Waals surface area contributed by atoms with E-state index in [1.807, 2.05) is 24.3 Å². The minimum absolute atomic E-state index is 0.254. The Hall–Kier alpha value is -1.02. The van der Waals surface area contributed by atoms with E-state index in [9.17, 15) is 4.79 Å². The third kappa shape index (κ3) is 2.26. The summed E-state index contributed by atoms with van der Waals surface area (Å²) >= 11 is 2.11. The fraction of sp³-hybridized carbons (Fsp3) is 0.438. The molecule has 1 aromatic carbocycles. The third-order valence-corrected chi connectivity index (χ3v) is 5.69. The summed E-state index contributed by atoms with van der Waals surface area (Å²) in [5.74, 6) is 0.597. The van der Waals surface area contributed by atoms with Gasteiger partial charge in [-0.25, -0.2) is 0 Å². The van der Waals surface area contributed by atoms with E-state index >= 15 is 0 Å². The number of benzene rings is 1. The standard InChI is InChI=1S/C16H18OS/c1-2-11-4-3-5-12(8-11)16(17)13-9-14-6-7-15(10-13)18-14/h2-5,8,13-15H,1,6-7,9-10H2. The minimum atomic E-state index is 0.254. The Labute approximate surface area is 113 Å². The van der Waals surface area contributed by atoms with Crippen molar-refractivity contribution in [3.05, 3.63) is 42.0 Å². The predicted molar refractivity (Wildman–Crippen MR) is 78.0 cm³/mol. The summed E-state index contributed by atoms with van der Waals surface area (Å²) in [5.41, 5.74) is 1.90. The molecule has 18 heavy (non-hydrogen) atoms. The van der Waals surface area contributed by atoms with E-state index in [0.717, 1.165) is 34.5 Å². The lowest BCUT2D eigenvalue weighted by molar-refractivity contribution is 0.0907. The van der Waals surface area contributed by atoms with Crippen LogP contribution in [0.15, 0.2) is 30.8 Å². The first-order valence-corrected chi connectivity index (χ1v) is 7.62. The van der Waals surface area contributed by atoms with Gasteiger partial charge in [0.2, 0.25) is 0 Å². The average molecular weight is 258 g/mol. The van der Waals surface area contributed by atoms with Gasteiger partial charge in [0.25, 0.3) is 0 Å². The lowest BCUT2D eigenvalue weighted by Gasteiger charge is -2.26. The number of carbonyl (C=O) groups is 1. The SMILES string of the molecule is C=Cc1cccc(C(=O)C2CC3CCC(C2)S3)c1. The molecule has 0 spiro atoms. The Balaban J connectivity index is 1.79. The number of carbonyl (C=O) groups excluding carboxylic acids is 1. The summed E-state index contributed by atoms with van der Waals surface area (Å²) in [4.78, 5) is 12.5. The van der Waals surface area contributed by atoms with Crippen molar-refractivity contribution in [2.75, 3.05) is 0 Å². The highest BCUT2D eigenvalue weighted by atomic mass is 32.2. The Bertz CT molecular complexity index is 468. The summed E-state index contributed by atoms with van der Waals surface area (Å²) in [5, 5.41) is 1.47. The molecular weight excluding hydrogens is 240 g/mol. The van der Waals surface area contributed by atoms with Crippen LogP contribution in [-0.4, -0.2) is 16.3 Å². The fourth-order valence-corrected chi connectivity index (χ4v) is 4.90. The molecular formula is C16H18OS. The Kier molecular flexibility index (Phi) is 3.29. The summed E-state index contributed by atoms with van der Waals surface area (Å²) in [6, 6.07) is 7.86. The highest BCUT2D eigenvalue weighted by Crippen LogP contribution is 2.46. The molecule has 2 heterocycles. The van der Waals surface area contributed by atoms with Crippen molar-refractivity contribution >= 4 is 23.6 Å². The summed E-state index contributed by atoms with van der Waals surface area (Å²) in [6.07, 6.45) is 6.59. The zero-order valence-corrected chi connectivity index (χ0v) is 11.3. The molecule has 1 nitrogen and oxygen atoms in total. The van der Waals surface area contributed by atoms with Gasteiger partial charge in [-0.1, -0.05) is 30.9 Å². The van der Waals surface area contributed by atoms with Gasteiger partial charge >= 0.3 is 0 Å². The van der Waals surface area contributed by atoms with E-state index in [2.05, 4.69) is 18.3 Å². The van der Waals surface area contributed by atoms with Gasteiger partial charge in [-0.3, -0.25) is 4.79 Å². The fourth-order valence-electron chi connectivity index (χ4n) is 3.13. The maximum Gasteiger partial charge on any atom is 0.166 e. The van der Waals surface area contributed by atoms with E-state index in [-0.39, 0.29) is 5.92 Å². The van der Waals surface area contributed by atoms with Gasteiger partial charge in [0.15, 0.2) is 5.78 Å². The topological polar surface area (TPSA) is 17.1 Å². The van der Waals surface area contributed by atoms with Crippen molar-refractivity contribution in [1.82, 2.24) is 0 Å². The molecule has 94 valence electrons. The van der Waals surface area contributed by atoms with Gasteiger partial charge in [-0.05, 0) is 37.3 Å². The normalized spacial score (nSPS) is 30.1. The number of Topliss-reactive ketones (excluding diaryl/α,β-unsaturated/α-hetero) is 1. The first kappa shape index (κ1) is 12.0. The quantitative estimate of drug-likeness (QED) is 0.756. The van der Waals surface area contributed by atoms with E-state index in [1.165, 1.54) is 12.8 Å². The maximum absolute atomic E-state index is 12.5. The number of ketones is 1. The Morgan fingerprint density at radius 1 is 1.28 bits per heavy atom. The molecule has 1 aromatic rings. The van der Waals surface area contributed by atoms with Crippen molar-refractivity contribution < 1.29 is 4.79 Å². The monoisotopic (exact) mass is 258 g/mol. The largest absolute Gasteiger partial charge is 0.294 e. The number of hydrogen-bond acceptors (Lipinski definition) is 2. The van der Waals surface area contributed by atoms with Crippen LogP contribution < -0.4 is 0 Å². The molecule has 2 aliphatic heterocycles. The minimum Gasteiger partial charge on any atom is -0.294 e. The molecule has 0 N–H and O–H groups in total. The van der Waals surface area contributed by atoms with Crippen molar-refractivity contribution in [1.29, 1.82) is 0 Å². The van der Waals surface area contributed by atoms with E-state index in [1.54, 1.807) is 6.08 Å². The molecule has 2 bridgehead atoms. The molecule has 0 amide bonds. The van der Waals surface area contributed by atoms with Crippen molar-refractivity contribution in [2.24, 2.45) is 5.92 Å². The van der Waals surface area contributed by atoms with Gasteiger partial charge in [-0.2, -0.15) is 11.8 Å². The molecule has 2 saturated heterocycles. The molecule has 2 atom stereocenters. The lowest BCUT2D eigenvalue weighted by atomic mass is 9.90. The molecule has 2 fully saturated rings. The Morgan fingerprint density at radius 2 is 2.00 bits per heavy atom. The van der Waals surface area contributed by atoms with Crippen molar-refractivity contribution in [3.8, 4) is 0 Å². The van der Waals surface area contributed by atoms with Crippen LogP contribution >= 0.6 is 11.8 Å². The van der Waals surface area contributed by atoms with E-state index in [4.69, 9.17) is 0 Å². The highest BCUT2D eigenvalue weighted by molar-refractivity contribution is 8.00. The second-order valence-electron chi connectivity index (χ2n) is 5.32. The molecule has 0 aliphatic carbocycles. The zero-order valence-electron chi connectivity index (χ0n) is 10.5.